The van der Waals surface area contributed by atoms with E-state index in [1.54, 1.807) is 58.0 Å². The van der Waals surface area contributed by atoms with Crippen molar-refractivity contribution in [1.29, 1.82) is 0 Å². The Bertz CT molecular complexity index is 1480. The lowest BCUT2D eigenvalue weighted by molar-refractivity contribution is -0.119. The van der Waals surface area contributed by atoms with Crippen LogP contribution in [0.25, 0.3) is 11.1 Å². The fourth-order valence-electron chi connectivity index (χ4n) is 5.32. The van der Waals surface area contributed by atoms with Gasteiger partial charge >= 0.3 is 0 Å². The molecule has 0 bridgehead atoms. The number of amides is 2. The highest BCUT2D eigenvalue weighted by atomic mass is 16.5. The molecule has 3 N–H and O–H groups in total. The Morgan fingerprint density at radius 3 is 2.40 bits per heavy atom. The molecule has 42 heavy (non-hydrogen) atoms. The molecule has 10 nitrogen and oxygen atoms in total. The number of hydrogen-bond donors (Lipinski definition) is 3. The minimum Gasteiger partial charge on any atom is -0.493 e. The zero-order valence-corrected chi connectivity index (χ0v) is 24.5. The second kappa shape index (κ2) is 14.3. The maximum Gasteiger partial charge on any atom is 0.224 e. The predicted octanol–water partition coefficient (Wildman–Crippen LogP) is 4.87. The van der Waals surface area contributed by atoms with Crippen molar-refractivity contribution in [3.8, 4) is 28.4 Å². The molecule has 2 aromatic carbocycles. The molecule has 0 radical (unpaired) electrons. The summed E-state index contributed by atoms with van der Waals surface area (Å²) in [5.74, 6) is 1.31. The molecule has 0 saturated carbocycles. The molecule has 0 aliphatic heterocycles. The van der Waals surface area contributed by atoms with Crippen LogP contribution in [0.3, 0.4) is 0 Å². The van der Waals surface area contributed by atoms with Crippen LogP contribution in [0.4, 0.5) is 11.4 Å². The van der Waals surface area contributed by atoms with E-state index in [4.69, 9.17) is 14.2 Å². The Hall–Kier alpha value is -4.60. The standard InChI is InChI=1S/C32H38N4O6/c1-20(37)35-25-11-9-21-18-28(40-2)31(41-3)32(42-4)30(21)23-10-12-26(27(38)19-24(23)25)34-15-7-5-6-8-29(39)36-22-13-16-33-17-14-22/h10,12-14,16-19,25H,5-9,11,15H2,1-4H3,(H,34,38)(H,35,37)(H,33,36,39)/t25-/m0/s1. The van der Waals surface area contributed by atoms with Gasteiger partial charge in [-0.25, -0.2) is 0 Å². The van der Waals surface area contributed by atoms with Gasteiger partial charge in [0.25, 0.3) is 0 Å². The first kappa shape index (κ1) is 30.4. The number of rotatable bonds is 12. The average molecular weight is 575 g/mol. The number of benzene rings is 1. The number of aryl methyl sites for hydroxylation is 1. The van der Waals surface area contributed by atoms with Gasteiger partial charge in [-0.3, -0.25) is 19.4 Å². The summed E-state index contributed by atoms with van der Waals surface area (Å²) in [5, 5.41) is 9.15. The number of fused-ring (bicyclic) bond motifs is 3. The minimum absolute atomic E-state index is 0.0359. The number of aromatic nitrogens is 1. The van der Waals surface area contributed by atoms with Crippen LogP contribution in [-0.2, 0) is 16.0 Å². The fourth-order valence-corrected chi connectivity index (χ4v) is 5.32. The van der Waals surface area contributed by atoms with Crippen LogP contribution < -0.4 is 35.6 Å². The molecule has 2 amide bonds. The molecule has 1 aromatic heterocycles. The van der Waals surface area contributed by atoms with Crippen LogP contribution in [0, 0.1) is 0 Å². The molecule has 0 fully saturated rings. The molecule has 0 saturated heterocycles. The number of ether oxygens (including phenoxy) is 3. The van der Waals surface area contributed by atoms with Crippen LogP contribution >= 0.6 is 0 Å². The normalized spacial score (nSPS) is 13.6. The van der Waals surface area contributed by atoms with E-state index < -0.39 is 0 Å². The van der Waals surface area contributed by atoms with Crippen molar-refractivity contribution < 1.29 is 23.8 Å². The van der Waals surface area contributed by atoms with Crippen LogP contribution in [-0.4, -0.2) is 44.7 Å². The summed E-state index contributed by atoms with van der Waals surface area (Å²) in [6.07, 6.45) is 7.28. The van der Waals surface area contributed by atoms with Gasteiger partial charge in [0.05, 0.1) is 33.1 Å². The van der Waals surface area contributed by atoms with Crippen molar-refractivity contribution in [3.63, 3.8) is 0 Å². The van der Waals surface area contributed by atoms with E-state index in [0.717, 1.165) is 41.6 Å². The second-order valence-corrected chi connectivity index (χ2v) is 10.1. The highest BCUT2D eigenvalue weighted by molar-refractivity contribution is 5.90. The zero-order valence-electron chi connectivity index (χ0n) is 24.5. The third-order valence-electron chi connectivity index (χ3n) is 7.28. The van der Waals surface area contributed by atoms with Gasteiger partial charge in [-0.2, -0.15) is 0 Å². The Kier molecular flexibility index (Phi) is 10.4. The first-order valence-corrected chi connectivity index (χ1v) is 14.1. The Morgan fingerprint density at radius 2 is 1.71 bits per heavy atom. The number of nitrogens with one attached hydrogen (secondary N) is 3. The first-order chi connectivity index (χ1) is 20.4. The Balaban J connectivity index is 1.53. The van der Waals surface area contributed by atoms with E-state index in [1.165, 1.54) is 6.92 Å². The molecule has 1 heterocycles. The molecule has 10 heteroatoms. The largest absolute Gasteiger partial charge is 0.493 e. The molecule has 3 aromatic rings. The van der Waals surface area contributed by atoms with Gasteiger partial charge in [-0.15, -0.1) is 0 Å². The van der Waals surface area contributed by atoms with Gasteiger partial charge in [-0.05, 0) is 72.7 Å². The number of hydrogen-bond acceptors (Lipinski definition) is 8. The van der Waals surface area contributed by atoms with Gasteiger partial charge in [0.2, 0.25) is 23.0 Å². The van der Waals surface area contributed by atoms with Crippen molar-refractivity contribution >= 4 is 23.2 Å². The summed E-state index contributed by atoms with van der Waals surface area (Å²) in [5.41, 5.74) is 4.29. The number of carbonyl (C=O) groups excluding carboxylic acids is 2. The van der Waals surface area contributed by atoms with Gasteiger partial charge < -0.3 is 30.2 Å². The topological polar surface area (TPSA) is 128 Å². The molecule has 1 atom stereocenters. The summed E-state index contributed by atoms with van der Waals surface area (Å²) >= 11 is 0. The van der Waals surface area contributed by atoms with Crippen molar-refractivity contribution in [1.82, 2.24) is 10.3 Å². The maximum atomic E-state index is 13.4. The number of methoxy groups -OCH3 is 3. The van der Waals surface area contributed by atoms with Gasteiger partial charge in [0.15, 0.2) is 11.5 Å². The fraction of sp³-hybridized carbons (Fsp3) is 0.375. The monoisotopic (exact) mass is 574 g/mol. The number of pyridine rings is 1. The molecular weight excluding hydrogens is 536 g/mol. The van der Waals surface area contributed by atoms with E-state index >= 15 is 0 Å². The SMILES string of the molecule is COc1cc2c(c(OC)c1OC)-c1ccc(NCCCCCC(=O)Nc3ccncc3)c(=O)cc1[C@@H](NC(C)=O)CC2. The van der Waals surface area contributed by atoms with Crippen LogP contribution in [0.2, 0.25) is 0 Å². The third-order valence-corrected chi connectivity index (χ3v) is 7.28. The highest BCUT2D eigenvalue weighted by Crippen LogP contribution is 2.50. The number of anilines is 2. The molecule has 1 aliphatic carbocycles. The van der Waals surface area contributed by atoms with E-state index in [0.29, 0.717) is 54.3 Å². The summed E-state index contributed by atoms with van der Waals surface area (Å²) in [4.78, 5) is 41.6. The summed E-state index contributed by atoms with van der Waals surface area (Å²) in [7, 11) is 4.71. The molecule has 0 unspecified atom stereocenters. The lowest BCUT2D eigenvalue weighted by Crippen LogP contribution is -2.26. The predicted molar refractivity (Wildman–Crippen MR) is 163 cm³/mol. The van der Waals surface area contributed by atoms with E-state index in [9.17, 15) is 14.4 Å². The third kappa shape index (κ3) is 7.18. The number of nitrogens with zero attached hydrogens (tertiary/aromatic N) is 1. The average Bonchev–Trinajstić information content (AvgIpc) is 3.22. The van der Waals surface area contributed by atoms with Gasteiger partial charge in [0.1, 0.15) is 0 Å². The number of carbonyl (C=O) groups is 2. The molecule has 4 rings (SSSR count). The molecule has 1 aliphatic rings. The van der Waals surface area contributed by atoms with Gasteiger partial charge in [-0.1, -0.05) is 12.5 Å². The Morgan fingerprint density at radius 1 is 0.952 bits per heavy atom. The van der Waals surface area contributed by atoms with Crippen molar-refractivity contribution in [2.45, 2.75) is 51.5 Å². The van der Waals surface area contributed by atoms with Crippen molar-refractivity contribution in [2.75, 3.05) is 38.5 Å². The highest BCUT2D eigenvalue weighted by Gasteiger charge is 2.29. The van der Waals surface area contributed by atoms with E-state index in [-0.39, 0.29) is 23.3 Å². The van der Waals surface area contributed by atoms with E-state index in [2.05, 4.69) is 20.9 Å². The Labute approximate surface area is 245 Å². The van der Waals surface area contributed by atoms with E-state index in [1.807, 2.05) is 12.1 Å². The first-order valence-electron chi connectivity index (χ1n) is 14.1. The van der Waals surface area contributed by atoms with Crippen molar-refractivity contribution in [3.05, 3.63) is 70.1 Å². The quantitative estimate of drug-likeness (QED) is 0.262. The second-order valence-electron chi connectivity index (χ2n) is 10.1. The van der Waals surface area contributed by atoms with Crippen molar-refractivity contribution in [2.24, 2.45) is 0 Å². The molecule has 0 spiro atoms. The number of unbranched alkanes of at least 4 members (excludes halogenated alkanes) is 2. The smallest absolute Gasteiger partial charge is 0.224 e. The lowest BCUT2D eigenvalue weighted by atomic mass is 9.95. The van der Waals surface area contributed by atoms with Gasteiger partial charge in [0, 0.05) is 43.5 Å². The summed E-state index contributed by atoms with van der Waals surface area (Å²) < 4.78 is 17.1. The maximum absolute atomic E-state index is 13.4. The van der Waals surface area contributed by atoms with Crippen LogP contribution in [0.1, 0.15) is 56.2 Å². The summed E-state index contributed by atoms with van der Waals surface area (Å²) in [6, 6.07) is 10.4. The lowest BCUT2D eigenvalue weighted by Gasteiger charge is -2.19. The minimum atomic E-state index is -0.363. The van der Waals surface area contributed by atoms with Crippen LogP contribution in [0.15, 0.2) is 53.6 Å². The zero-order chi connectivity index (χ0) is 30.1. The van der Waals surface area contributed by atoms with Crippen LogP contribution in [0.5, 0.6) is 17.2 Å². The molecule has 222 valence electrons. The summed E-state index contributed by atoms with van der Waals surface area (Å²) in [6.45, 7) is 2.05. The molecular formula is C32H38N4O6.